The molecule has 4 heteroatoms. The van der Waals surface area contributed by atoms with E-state index >= 15 is 0 Å². The van der Waals surface area contributed by atoms with Crippen LogP contribution in [-0.4, -0.2) is 23.7 Å². The van der Waals surface area contributed by atoms with E-state index in [2.05, 4.69) is 4.98 Å². The molecule has 1 heterocycles. The number of nitrogens with one attached hydrogen (secondary N) is 1. The zero-order valence-corrected chi connectivity index (χ0v) is 14.7. The molecule has 0 aliphatic heterocycles. The summed E-state index contributed by atoms with van der Waals surface area (Å²) in [6.07, 6.45) is 0. The summed E-state index contributed by atoms with van der Waals surface area (Å²) in [5.74, 6) is -0.438. The minimum Gasteiger partial charge on any atom is -0.497 e. The van der Waals surface area contributed by atoms with Crippen molar-refractivity contribution in [2.75, 3.05) is 7.11 Å². The first-order valence-corrected chi connectivity index (χ1v) is 8.58. The average molecular weight is 355 g/mol. The van der Waals surface area contributed by atoms with Crippen molar-refractivity contribution in [3.63, 3.8) is 0 Å². The van der Waals surface area contributed by atoms with Gasteiger partial charge in [-0.1, -0.05) is 48.5 Å². The number of hydrogen-bond acceptors (Lipinski definition) is 3. The normalized spacial score (nSPS) is 10.7. The lowest BCUT2D eigenvalue weighted by Crippen LogP contribution is -2.15. The first kappa shape index (κ1) is 16.8. The molecule has 0 saturated carbocycles. The fourth-order valence-electron chi connectivity index (χ4n) is 3.19. The lowest BCUT2D eigenvalue weighted by molar-refractivity contribution is 0.0818. The van der Waals surface area contributed by atoms with Crippen LogP contribution in [0.15, 0.2) is 78.9 Å². The Labute approximate surface area is 156 Å². The molecule has 4 nitrogen and oxygen atoms in total. The van der Waals surface area contributed by atoms with Crippen LogP contribution >= 0.6 is 0 Å². The number of benzene rings is 3. The van der Waals surface area contributed by atoms with Crippen LogP contribution in [0.2, 0.25) is 0 Å². The third-order valence-corrected chi connectivity index (χ3v) is 4.55. The van der Waals surface area contributed by atoms with Crippen molar-refractivity contribution in [3.8, 4) is 17.0 Å². The number of hydrogen-bond donors (Lipinski definition) is 1. The molecule has 4 aromatic rings. The molecular formula is C23H17NO3. The minimum absolute atomic E-state index is 0.338. The lowest BCUT2D eigenvalue weighted by Gasteiger charge is -2.05. The van der Waals surface area contributed by atoms with Crippen LogP contribution in [0, 0.1) is 0 Å². The SMILES string of the molecule is COc1ccc(C(=O)C(=O)c2c(-c3ccccc3)[nH]c3ccccc23)cc1. The molecule has 0 unspecified atom stereocenters. The summed E-state index contributed by atoms with van der Waals surface area (Å²) >= 11 is 0. The number of carbonyl (C=O) groups excluding carboxylic acids is 2. The number of para-hydroxylation sites is 1. The van der Waals surface area contributed by atoms with E-state index in [0.717, 1.165) is 16.5 Å². The Balaban J connectivity index is 1.84. The van der Waals surface area contributed by atoms with Gasteiger partial charge in [-0.25, -0.2) is 0 Å². The second kappa shape index (κ2) is 6.92. The number of aromatic nitrogens is 1. The first-order valence-electron chi connectivity index (χ1n) is 8.58. The minimum atomic E-state index is -0.542. The van der Waals surface area contributed by atoms with Crippen molar-refractivity contribution in [2.45, 2.75) is 0 Å². The molecule has 27 heavy (non-hydrogen) atoms. The van der Waals surface area contributed by atoms with Gasteiger partial charge >= 0.3 is 0 Å². The summed E-state index contributed by atoms with van der Waals surface area (Å²) in [5.41, 5.74) is 3.08. The summed E-state index contributed by atoms with van der Waals surface area (Å²) in [7, 11) is 1.56. The van der Waals surface area contributed by atoms with Gasteiger partial charge in [-0.2, -0.15) is 0 Å². The maximum Gasteiger partial charge on any atom is 0.236 e. The van der Waals surface area contributed by atoms with Gasteiger partial charge in [0, 0.05) is 16.5 Å². The van der Waals surface area contributed by atoms with Gasteiger partial charge in [-0.05, 0) is 35.9 Å². The molecule has 1 aromatic heterocycles. The monoisotopic (exact) mass is 355 g/mol. The highest BCUT2D eigenvalue weighted by Gasteiger charge is 2.25. The maximum absolute atomic E-state index is 13.2. The van der Waals surface area contributed by atoms with E-state index in [1.54, 1.807) is 31.4 Å². The van der Waals surface area contributed by atoms with E-state index in [1.165, 1.54) is 0 Å². The standard InChI is InChI=1S/C23H17NO3/c1-27-17-13-11-16(12-14-17)22(25)23(26)20-18-9-5-6-10-19(18)24-21(20)15-7-3-2-4-8-15/h2-14,24H,1H3. The molecule has 132 valence electrons. The van der Waals surface area contributed by atoms with E-state index in [9.17, 15) is 9.59 Å². The average Bonchev–Trinajstić information content (AvgIpc) is 3.13. The number of methoxy groups -OCH3 is 1. The molecule has 0 bridgehead atoms. The van der Waals surface area contributed by atoms with Crippen molar-refractivity contribution in [3.05, 3.63) is 90.0 Å². The number of H-pyrrole nitrogens is 1. The summed E-state index contributed by atoms with van der Waals surface area (Å²) < 4.78 is 5.12. The van der Waals surface area contributed by atoms with Gasteiger partial charge in [0.25, 0.3) is 0 Å². The number of Topliss-reactive ketones (excluding diaryl/α,β-unsaturated/α-hetero) is 2. The van der Waals surface area contributed by atoms with E-state index in [4.69, 9.17) is 4.74 Å². The molecule has 0 aliphatic carbocycles. The van der Waals surface area contributed by atoms with Crippen LogP contribution in [-0.2, 0) is 0 Å². The molecule has 0 spiro atoms. The Kier molecular flexibility index (Phi) is 4.30. The molecule has 0 aliphatic rings. The van der Waals surface area contributed by atoms with Gasteiger partial charge in [0.15, 0.2) is 0 Å². The molecule has 0 saturated heterocycles. The topological polar surface area (TPSA) is 59.2 Å². The van der Waals surface area contributed by atoms with E-state index in [0.29, 0.717) is 22.6 Å². The Bertz CT molecular complexity index is 1130. The molecule has 0 atom stereocenters. The van der Waals surface area contributed by atoms with Crippen LogP contribution in [0.25, 0.3) is 22.2 Å². The Morgan fingerprint density at radius 2 is 1.44 bits per heavy atom. The van der Waals surface area contributed by atoms with E-state index < -0.39 is 11.6 Å². The third kappa shape index (κ3) is 3.02. The van der Waals surface area contributed by atoms with Gasteiger partial charge in [-0.15, -0.1) is 0 Å². The summed E-state index contributed by atoms with van der Waals surface area (Å²) in [6, 6.07) is 23.6. The Morgan fingerprint density at radius 3 is 2.15 bits per heavy atom. The predicted octanol–water partition coefficient (Wildman–Crippen LogP) is 4.91. The molecule has 3 aromatic carbocycles. The Morgan fingerprint density at radius 1 is 0.778 bits per heavy atom. The van der Waals surface area contributed by atoms with Crippen molar-refractivity contribution in [2.24, 2.45) is 0 Å². The highest BCUT2D eigenvalue weighted by atomic mass is 16.5. The van der Waals surface area contributed by atoms with E-state index in [1.807, 2.05) is 54.6 Å². The number of aromatic amines is 1. The molecular weight excluding hydrogens is 338 g/mol. The summed E-state index contributed by atoms with van der Waals surface area (Å²) in [6.45, 7) is 0. The molecule has 0 radical (unpaired) electrons. The molecule has 0 fully saturated rings. The zero-order valence-electron chi connectivity index (χ0n) is 14.7. The quantitative estimate of drug-likeness (QED) is 0.409. The van der Waals surface area contributed by atoms with Gasteiger partial charge < -0.3 is 9.72 Å². The van der Waals surface area contributed by atoms with Crippen molar-refractivity contribution >= 4 is 22.5 Å². The fourth-order valence-corrected chi connectivity index (χ4v) is 3.19. The van der Waals surface area contributed by atoms with Crippen LogP contribution in [0.4, 0.5) is 0 Å². The predicted molar refractivity (Wildman–Crippen MR) is 105 cm³/mol. The van der Waals surface area contributed by atoms with E-state index in [-0.39, 0.29) is 0 Å². The lowest BCUT2D eigenvalue weighted by atomic mass is 9.96. The van der Waals surface area contributed by atoms with Crippen molar-refractivity contribution < 1.29 is 14.3 Å². The van der Waals surface area contributed by atoms with Gasteiger partial charge in [0.2, 0.25) is 11.6 Å². The van der Waals surface area contributed by atoms with Crippen LogP contribution in [0.1, 0.15) is 20.7 Å². The van der Waals surface area contributed by atoms with Gasteiger partial charge in [0.05, 0.1) is 18.4 Å². The molecule has 0 amide bonds. The highest BCUT2D eigenvalue weighted by molar-refractivity contribution is 6.52. The fraction of sp³-hybridized carbons (Fsp3) is 0.0435. The number of carbonyl (C=O) groups is 2. The third-order valence-electron chi connectivity index (χ3n) is 4.55. The van der Waals surface area contributed by atoms with Gasteiger partial charge in [0.1, 0.15) is 5.75 Å². The largest absolute Gasteiger partial charge is 0.497 e. The smallest absolute Gasteiger partial charge is 0.236 e. The van der Waals surface area contributed by atoms with Crippen LogP contribution in [0.5, 0.6) is 5.75 Å². The first-order chi connectivity index (χ1) is 13.2. The summed E-state index contributed by atoms with van der Waals surface area (Å²) in [5, 5.41) is 0.739. The Hall–Kier alpha value is -3.66. The molecule has 4 rings (SSSR count). The highest BCUT2D eigenvalue weighted by Crippen LogP contribution is 2.31. The number of fused-ring (bicyclic) bond motifs is 1. The zero-order chi connectivity index (χ0) is 18.8. The second-order valence-corrected chi connectivity index (χ2v) is 6.17. The van der Waals surface area contributed by atoms with Crippen molar-refractivity contribution in [1.82, 2.24) is 4.98 Å². The number of ketones is 2. The molecule has 1 N–H and O–H groups in total. The van der Waals surface area contributed by atoms with Crippen LogP contribution < -0.4 is 4.74 Å². The summed E-state index contributed by atoms with van der Waals surface area (Å²) in [4.78, 5) is 29.3. The second-order valence-electron chi connectivity index (χ2n) is 6.17. The van der Waals surface area contributed by atoms with Crippen LogP contribution in [0.3, 0.4) is 0 Å². The number of rotatable bonds is 5. The van der Waals surface area contributed by atoms with Crippen molar-refractivity contribution in [1.29, 1.82) is 0 Å². The maximum atomic E-state index is 13.2. The van der Waals surface area contributed by atoms with Gasteiger partial charge in [-0.3, -0.25) is 9.59 Å². The number of ether oxygens (including phenoxy) is 1.